The second-order valence-corrected chi connectivity index (χ2v) is 13.2. The lowest BCUT2D eigenvalue weighted by atomic mass is 10.0. The number of amidine groups is 1. The van der Waals surface area contributed by atoms with E-state index in [0.29, 0.717) is 36.0 Å². The van der Waals surface area contributed by atoms with Gasteiger partial charge < -0.3 is 30.7 Å². The van der Waals surface area contributed by atoms with Gasteiger partial charge in [-0.3, -0.25) is 19.8 Å². The van der Waals surface area contributed by atoms with E-state index in [1.54, 1.807) is 45.9 Å². The Hall–Kier alpha value is -5.20. The molecular weight excluding hydrogens is 628 g/mol. The van der Waals surface area contributed by atoms with Crippen molar-refractivity contribution in [2.45, 2.75) is 90.4 Å². The van der Waals surface area contributed by atoms with E-state index in [1.807, 2.05) is 30.3 Å². The smallest absolute Gasteiger partial charge is 0.419 e. The number of allylic oxidation sites excluding steroid dienone is 1. The molecule has 3 amide bonds. The van der Waals surface area contributed by atoms with Crippen LogP contribution in [0.4, 0.5) is 4.79 Å². The molecule has 2 aromatic carbocycles. The average molecular weight is 675 g/mol. The van der Waals surface area contributed by atoms with Gasteiger partial charge in [-0.15, -0.1) is 0 Å². The summed E-state index contributed by atoms with van der Waals surface area (Å²) in [5.41, 5.74) is 2.22. The molecule has 3 atom stereocenters. The summed E-state index contributed by atoms with van der Waals surface area (Å²) in [4.78, 5) is 65.8. The highest BCUT2D eigenvalue weighted by atomic mass is 16.6. The number of nitrogens with one attached hydrogen (secondary N) is 5. The molecule has 262 valence electrons. The third-order valence-corrected chi connectivity index (χ3v) is 7.99. The molecule has 5 N–H and O–H groups in total. The summed E-state index contributed by atoms with van der Waals surface area (Å²) < 4.78 is 12.2. The fraction of sp³-hybridized carbons (Fsp3) is 0.444. The summed E-state index contributed by atoms with van der Waals surface area (Å²) in [7, 11) is 1.24. The number of aromatic nitrogens is 1. The molecule has 1 aliphatic heterocycles. The van der Waals surface area contributed by atoms with Crippen LogP contribution < -0.4 is 21.3 Å². The van der Waals surface area contributed by atoms with Crippen molar-refractivity contribution in [1.29, 1.82) is 5.41 Å². The van der Waals surface area contributed by atoms with E-state index in [0.717, 1.165) is 16.3 Å². The van der Waals surface area contributed by atoms with Crippen LogP contribution in [-0.4, -0.2) is 77.6 Å². The predicted octanol–water partition coefficient (Wildman–Crippen LogP) is 3.64. The maximum Gasteiger partial charge on any atom is 0.419 e. The fourth-order valence-electron chi connectivity index (χ4n) is 5.77. The van der Waals surface area contributed by atoms with Crippen LogP contribution in [0, 0.1) is 5.41 Å². The Balaban J connectivity index is 1.81. The van der Waals surface area contributed by atoms with Crippen LogP contribution in [0.3, 0.4) is 0 Å². The number of amides is 3. The van der Waals surface area contributed by atoms with E-state index in [2.05, 4.69) is 21.3 Å². The first kappa shape index (κ1) is 36.6. The molecule has 0 aliphatic carbocycles. The Morgan fingerprint density at radius 3 is 2.22 bits per heavy atom. The van der Waals surface area contributed by atoms with Crippen molar-refractivity contribution in [3.63, 3.8) is 0 Å². The third kappa shape index (κ3) is 9.68. The van der Waals surface area contributed by atoms with E-state index >= 15 is 0 Å². The highest BCUT2D eigenvalue weighted by Gasteiger charge is 2.30. The van der Waals surface area contributed by atoms with Crippen molar-refractivity contribution in [2.75, 3.05) is 13.7 Å². The zero-order valence-electron chi connectivity index (χ0n) is 28.9. The molecular formula is C36H46N6O7. The maximum absolute atomic E-state index is 13.8. The second kappa shape index (κ2) is 15.8. The molecule has 13 nitrogen and oxygen atoms in total. The van der Waals surface area contributed by atoms with Gasteiger partial charge in [-0.05, 0) is 88.8 Å². The number of ether oxygens (including phenoxy) is 2. The minimum atomic E-state index is -1.05. The Morgan fingerprint density at radius 1 is 0.959 bits per heavy atom. The Labute approximate surface area is 285 Å². The molecule has 0 spiro atoms. The monoisotopic (exact) mass is 674 g/mol. The molecule has 1 aliphatic rings. The minimum absolute atomic E-state index is 0.0938. The quantitative estimate of drug-likeness (QED) is 0.0864. The molecule has 0 saturated carbocycles. The number of fused-ring (bicyclic) bond motifs is 2. The van der Waals surface area contributed by atoms with Gasteiger partial charge in [0.1, 0.15) is 23.7 Å². The van der Waals surface area contributed by atoms with Crippen LogP contribution in [0.1, 0.15) is 65.0 Å². The maximum atomic E-state index is 13.8. The summed E-state index contributed by atoms with van der Waals surface area (Å²) in [6.07, 6.45) is 4.54. The summed E-state index contributed by atoms with van der Waals surface area (Å²) in [6.45, 7) is 8.71. The number of esters is 1. The molecule has 0 radical (unpaired) electrons. The number of benzene rings is 2. The zero-order chi connectivity index (χ0) is 35.9. The van der Waals surface area contributed by atoms with Crippen LogP contribution in [0.15, 0.2) is 48.6 Å². The van der Waals surface area contributed by atoms with Crippen molar-refractivity contribution >= 4 is 57.4 Å². The molecule has 13 heteroatoms. The lowest BCUT2D eigenvalue weighted by molar-refractivity contribution is -0.145. The van der Waals surface area contributed by atoms with E-state index in [4.69, 9.17) is 14.9 Å². The number of nitrogens with zero attached hydrogens (tertiary/aromatic N) is 1. The Kier molecular flexibility index (Phi) is 11.8. The van der Waals surface area contributed by atoms with E-state index < -0.39 is 53.5 Å². The van der Waals surface area contributed by atoms with Gasteiger partial charge in [0.25, 0.3) is 0 Å². The van der Waals surface area contributed by atoms with Crippen LogP contribution >= 0.6 is 0 Å². The number of carbonyl (C=O) groups excluding carboxylic acids is 5. The summed E-state index contributed by atoms with van der Waals surface area (Å²) in [5.74, 6) is -1.96. The van der Waals surface area contributed by atoms with Gasteiger partial charge in [0.2, 0.25) is 17.7 Å². The van der Waals surface area contributed by atoms with Crippen LogP contribution in [0.2, 0.25) is 0 Å². The lowest BCUT2D eigenvalue weighted by Crippen LogP contribution is -2.56. The fourth-order valence-corrected chi connectivity index (χ4v) is 5.77. The molecule has 3 aromatic rings. The topological polar surface area (TPSA) is 181 Å². The van der Waals surface area contributed by atoms with E-state index in [1.165, 1.54) is 18.6 Å². The Morgan fingerprint density at radius 2 is 1.61 bits per heavy atom. The van der Waals surface area contributed by atoms with E-state index in [-0.39, 0.29) is 25.1 Å². The minimum Gasteiger partial charge on any atom is -0.467 e. The van der Waals surface area contributed by atoms with Gasteiger partial charge in [0, 0.05) is 30.7 Å². The molecule has 0 saturated heterocycles. The highest BCUT2D eigenvalue weighted by molar-refractivity contribution is 6.13. The molecule has 4 bridgehead atoms. The second-order valence-electron chi connectivity index (χ2n) is 13.2. The van der Waals surface area contributed by atoms with Gasteiger partial charge in [0.05, 0.1) is 24.0 Å². The van der Waals surface area contributed by atoms with Crippen LogP contribution in [0.5, 0.6) is 0 Å². The van der Waals surface area contributed by atoms with Crippen molar-refractivity contribution in [3.05, 3.63) is 59.7 Å². The molecule has 2 unspecified atom stereocenters. The van der Waals surface area contributed by atoms with Crippen molar-refractivity contribution in [2.24, 2.45) is 0 Å². The molecule has 2 heterocycles. The number of methoxy groups -OCH3 is 1. The third-order valence-electron chi connectivity index (χ3n) is 7.99. The van der Waals surface area contributed by atoms with Crippen LogP contribution in [-0.2, 0) is 41.5 Å². The van der Waals surface area contributed by atoms with Crippen molar-refractivity contribution < 1.29 is 33.4 Å². The first-order valence-electron chi connectivity index (χ1n) is 16.4. The van der Waals surface area contributed by atoms with Crippen molar-refractivity contribution in [3.8, 4) is 0 Å². The van der Waals surface area contributed by atoms with Gasteiger partial charge in [0.15, 0.2) is 0 Å². The van der Waals surface area contributed by atoms with Crippen LogP contribution in [0.25, 0.3) is 21.8 Å². The highest BCUT2D eigenvalue weighted by Crippen LogP contribution is 2.32. The summed E-state index contributed by atoms with van der Waals surface area (Å²) in [5, 5.41) is 20.3. The molecule has 4 rings (SSSR count). The van der Waals surface area contributed by atoms with Gasteiger partial charge in [-0.1, -0.05) is 24.3 Å². The summed E-state index contributed by atoms with van der Waals surface area (Å²) in [6, 6.07) is 8.18. The lowest BCUT2D eigenvalue weighted by Gasteiger charge is -2.25. The Bertz CT molecular complexity index is 1790. The van der Waals surface area contributed by atoms with Gasteiger partial charge in [-0.2, -0.15) is 0 Å². The average Bonchev–Trinajstić information content (AvgIpc) is 3.34. The number of carbonyl (C=O) groups is 5. The standard InChI is InChI=1S/C36H46N6O7/c1-21(37)38-17-9-12-27-32(44)41-28(34(46)48-6)11-8-7-10-23-13-15-30-25(18-23)26-19-24(20-29(33(45)40-27)39-22(2)43)14-16-31(26)42(30)35(47)49-36(3,4)5/h7-8,13-16,18-19,27-29H,9-12,17,20H2,1-6H3,(H2,37,38)(H,39,43)(H,40,45)(H,41,44)/b8-7+/t27-,28?,29?/m0/s1. The summed E-state index contributed by atoms with van der Waals surface area (Å²) >= 11 is 0. The van der Waals surface area contributed by atoms with Gasteiger partial charge >= 0.3 is 12.1 Å². The van der Waals surface area contributed by atoms with Gasteiger partial charge in [-0.25, -0.2) is 14.2 Å². The van der Waals surface area contributed by atoms with Crippen molar-refractivity contribution in [1.82, 2.24) is 25.8 Å². The number of rotatable bonds is 6. The largest absolute Gasteiger partial charge is 0.467 e. The normalized spacial score (nSPS) is 19.5. The SMILES string of the molecule is COC(=O)C1C/C=C/Cc2ccc3c(c2)c2cc(ccc2n3C(=O)OC(C)(C)C)CC(NC(C)=O)C(=O)N[C@@H](CCCNC(C)=N)C(=O)N1. The number of hydrogen-bond donors (Lipinski definition) is 5. The first-order chi connectivity index (χ1) is 23.2. The van der Waals surface area contributed by atoms with E-state index in [9.17, 15) is 24.0 Å². The predicted molar refractivity (Wildman–Crippen MR) is 186 cm³/mol. The first-order valence-corrected chi connectivity index (χ1v) is 16.4. The number of hydrogen-bond acceptors (Lipinski definition) is 8. The molecule has 0 fully saturated rings. The molecule has 49 heavy (non-hydrogen) atoms. The zero-order valence-corrected chi connectivity index (χ0v) is 28.9. The molecule has 1 aromatic heterocycles.